The number of nitrogens with one attached hydrogen (secondary N) is 2. The van der Waals surface area contributed by atoms with Crippen LogP contribution in [0.4, 0.5) is 0 Å². The molecule has 0 fully saturated rings. The molecule has 124 valence electrons. The van der Waals surface area contributed by atoms with Crippen molar-refractivity contribution in [3.05, 3.63) is 53.7 Å². The Labute approximate surface area is 139 Å². The zero-order chi connectivity index (χ0) is 17.1. The maximum Gasteiger partial charge on any atom is 0.268 e. The van der Waals surface area contributed by atoms with Crippen LogP contribution in [0.5, 0.6) is 17.2 Å². The first kappa shape index (κ1) is 15.7. The number of aromatic amines is 1. The van der Waals surface area contributed by atoms with Crippen molar-refractivity contribution >= 4 is 16.8 Å². The molecule has 0 spiro atoms. The molecule has 3 rings (SSSR count). The summed E-state index contributed by atoms with van der Waals surface area (Å²) in [5.41, 5.74) is 2.04. The van der Waals surface area contributed by atoms with Gasteiger partial charge in [0.2, 0.25) is 0 Å². The van der Waals surface area contributed by atoms with Gasteiger partial charge in [-0.1, -0.05) is 18.2 Å². The van der Waals surface area contributed by atoms with Crippen molar-refractivity contribution in [3.63, 3.8) is 0 Å². The molecule has 6 heteroatoms. The number of hydrogen-bond acceptors (Lipinski definition) is 4. The summed E-state index contributed by atoms with van der Waals surface area (Å²) in [6.45, 7) is 0.209. The van der Waals surface area contributed by atoms with Gasteiger partial charge < -0.3 is 24.9 Å². The molecule has 0 aliphatic rings. The monoisotopic (exact) mass is 326 g/mol. The number of fused-ring (bicyclic) bond motifs is 1. The van der Waals surface area contributed by atoms with Crippen LogP contribution in [-0.2, 0) is 6.54 Å². The van der Waals surface area contributed by atoms with Gasteiger partial charge in [-0.15, -0.1) is 0 Å². The summed E-state index contributed by atoms with van der Waals surface area (Å²) >= 11 is 0. The van der Waals surface area contributed by atoms with Gasteiger partial charge in [0.25, 0.3) is 5.91 Å². The van der Waals surface area contributed by atoms with Gasteiger partial charge in [-0.3, -0.25) is 4.79 Å². The fourth-order valence-electron chi connectivity index (χ4n) is 2.60. The van der Waals surface area contributed by atoms with Crippen molar-refractivity contribution in [1.82, 2.24) is 10.3 Å². The lowest BCUT2D eigenvalue weighted by Gasteiger charge is -2.14. The minimum atomic E-state index is -0.233. The van der Waals surface area contributed by atoms with Crippen LogP contribution in [0.3, 0.4) is 0 Å². The second-order valence-electron chi connectivity index (χ2n) is 5.28. The smallest absolute Gasteiger partial charge is 0.268 e. The average molecular weight is 326 g/mol. The molecule has 0 aliphatic carbocycles. The van der Waals surface area contributed by atoms with Gasteiger partial charge in [0.05, 0.1) is 26.3 Å². The third-order valence-corrected chi connectivity index (χ3v) is 3.79. The first-order valence-corrected chi connectivity index (χ1v) is 7.42. The van der Waals surface area contributed by atoms with E-state index in [0.717, 1.165) is 10.9 Å². The summed E-state index contributed by atoms with van der Waals surface area (Å²) in [7, 11) is 2.99. The number of hydrogen-bond donors (Lipinski definition) is 3. The number of benzene rings is 2. The third-order valence-electron chi connectivity index (χ3n) is 3.79. The Bertz CT molecular complexity index is 828. The van der Waals surface area contributed by atoms with Crippen molar-refractivity contribution in [2.24, 2.45) is 0 Å². The third kappa shape index (κ3) is 2.99. The van der Waals surface area contributed by atoms with Crippen LogP contribution in [0.2, 0.25) is 0 Å². The zero-order valence-electron chi connectivity index (χ0n) is 13.4. The molecule has 1 heterocycles. The standard InChI is InChI=1S/C18H18N2O4/c1-23-16-8-12(21)9-17(24-2)13(16)10-19-18(22)15-7-11-5-3-4-6-14(11)20-15/h3-9,20-21H,10H2,1-2H3,(H,19,22). The molecule has 0 unspecified atom stereocenters. The molecule has 0 aliphatic heterocycles. The molecule has 0 radical (unpaired) electrons. The molecule has 0 atom stereocenters. The average Bonchev–Trinajstić information content (AvgIpc) is 3.03. The van der Waals surface area contributed by atoms with Crippen molar-refractivity contribution in [2.45, 2.75) is 6.54 Å². The highest BCUT2D eigenvalue weighted by molar-refractivity contribution is 5.98. The maximum atomic E-state index is 12.4. The summed E-state index contributed by atoms with van der Waals surface area (Å²) < 4.78 is 10.5. The van der Waals surface area contributed by atoms with E-state index in [9.17, 15) is 9.90 Å². The van der Waals surface area contributed by atoms with Gasteiger partial charge in [-0.2, -0.15) is 0 Å². The van der Waals surface area contributed by atoms with E-state index in [2.05, 4.69) is 10.3 Å². The fourth-order valence-corrected chi connectivity index (χ4v) is 2.60. The number of phenols is 1. The number of rotatable bonds is 5. The molecule has 0 saturated carbocycles. The van der Waals surface area contributed by atoms with E-state index in [0.29, 0.717) is 22.8 Å². The Morgan fingerprint density at radius 3 is 2.42 bits per heavy atom. The Kier molecular flexibility index (Phi) is 4.29. The SMILES string of the molecule is COc1cc(O)cc(OC)c1CNC(=O)c1cc2ccccc2[nH]1. The quantitative estimate of drug-likeness (QED) is 0.673. The van der Waals surface area contributed by atoms with Gasteiger partial charge in [0.15, 0.2) is 0 Å². The largest absolute Gasteiger partial charge is 0.508 e. The van der Waals surface area contributed by atoms with Crippen LogP contribution in [0.1, 0.15) is 16.1 Å². The second kappa shape index (κ2) is 6.54. The molecule has 6 nitrogen and oxygen atoms in total. The van der Waals surface area contributed by atoms with E-state index in [-0.39, 0.29) is 18.2 Å². The number of aromatic nitrogens is 1. The van der Waals surface area contributed by atoms with Gasteiger partial charge >= 0.3 is 0 Å². The Balaban J connectivity index is 1.81. The van der Waals surface area contributed by atoms with Crippen LogP contribution in [-0.4, -0.2) is 30.2 Å². The van der Waals surface area contributed by atoms with Gasteiger partial charge in [-0.25, -0.2) is 0 Å². The molecule has 0 saturated heterocycles. The predicted molar refractivity (Wildman–Crippen MR) is 90.7 cm³/mol. The number of methoxy groups -OCH3 is 2. The molecule has 24 heavy (non-hydrogen) atoms. The lowest BCUT2D eigenvalue weighted by molar-refractivity contribution is 0.0946. The Hall–Kier alpha value is -3.15. The lowest BCUT2D eigenvalue weighted by atomic mass is 10.1. The number of para-hydroxylation sites is 1. The van der Waals surface area contributed by atoms with E-state index in [1.54, 1.807) is 6.07 Å². The zero-order valence-corrected chi connectivity index (χ0v) is 13.4. The van der Waals surface area contributed by atoms with Crippen LogP contribution >= 0.6 is 0 Å². The Morgan fingerprint density at radius 2 is 1.79 bits per heavy atom. The highest BCUT2D eigenvalue weighted by Gasteiger charge is 2.15. The summed E-state index contributed by atoms with van der Waals surface area (Å²) in [5, 5.41) is 13.5. The van der Waals surface area contributed by atoms with Crippen molar-refractivity contribution in [2.75, 3.05) is 14.2 Å². The van der Waals surface area contributed by atoms with Crippen LogP contribution in [0, 0.1) is 0 Å². The van der Waals surface area contributed by atoms with Crippen molar-refractivity contribution < 1.29 is 19.4 Å². The number of ether oxygens (including phenoxy) is 2. The van der Waals surface area contributed by atoms with Crippen molar-refractivity contribution in [1.29, 1.82) is 0 Å². The predicted octanol–water partition coefficient (Wildman–Crippen LogP) is 2.82. The number of carbonyl (C=O) groups is 1. The lowest BCUT2D eigenvalue weighted by Crippen LogP contribution is -2.23. The molecule has 1 aromatic heterocycles. The number of H-pyrrole nitrogens is 1. The van der Waals surface area contributed by atoms with Crippen LogP contribution < -0.4 is 14.8 Å². The number of phenolic OH excluding ortho intramolecular Hbond substituents is 1. The summed E-state index contributed by atoms with van der Waals surface area (Å²) in [6.07, 6.45) is 0. The number of carbonyl (C=O) groups excluding carboxylic acids is 1. The van der Waals surface area contributed by atoms with E-state index in [1.165, 1.54) is 26.4 Å². The fraction of sp³-hybridized carbons (Fsp3) is 0.167. The van der Waals surface area contributed by atoms with E-state index < -0.39 is 0 Å². The van der Waals surface area contributed by atoms with E-state index in [1.807, 2.05) is 24.3 Å². The normalized spacial score (nSPS) is 10.6. The summed E-state index contributed by atoms with van der Waals surface area (Å²) in [4.78, 5) is 15.5. The first-order chi connectivity index (χ1) is 11.6. The molecule has 1 amide bonds. The molecule has 2 aromatic carbocycles. The minimum absolute atomic E-state index is 0.0365. The molecule has 3 aromatic rings. The molecular weight excluding hydrogens is 308 g/mol. The van der Waals surface area contributed by atoms with Gasteiger partial charge in [-0.05, 0) is 12.1 Å². The van der Waals surface area contributed by atoms with Crippen LogP contribution in [0.25, 0.3) is 10.9 Å². The second-order valence-corrected chi connectivity index (χ2v) is 5.28. The van der Waals surface area contributed by atoms with E-state index in [4.69, 9.17) is 9.47 Å². The van der Waals surface area contributed by atoms with Crippen LogP contribution in [0.15, 0.2) is 42.5 Å². The highest BCUT2D eigenvalue weighted by Crippen LogP contribution is 2.33. The van der Waals surface area contributed by atoms with Gasteiger partial charge in [0, 0.05) is 23.0 Å². The van der Waals surface area contributed by atoms with Crippen molar-refractivity contribution in [3.8, 4) is 17.2 Å². The Morgan fingerprint density at radius 1 is 1.12 bits per heavy atom. The first-order valence-electron chi connectivity index (χ1n) is 7.42. The molecule has 3 N–H and O–H groups in total. The molecular formula is C18H18N2O4. The number of amides is 1. The summed E-state index contributed by atoms with van der Waals surface area (Å²) in [5.74, 6) is 0.699. The van der Waals surface area contributed by atoms with E-state index >= 15 is 0 Å². The topological polar surface area (TPSA) is 83.6 Å². The number of aromatic hydroxyl groups is 1. The minimum Gasteiger partial charge on any atom is -0.508 e. The molecule has 0 bridgehead atoms. The summed E-state index contributed by atoms with van der Waals surface area (Å²) in [6, 6.07) is 12.4. The van der Waals surface area contributed by atoms with Gasteiger partial charge in [0.1, 0.15) is 22.9 Å². The highest BCUT2D eigenvalue weighted by atomic mass is 16.5. The maximum absolute atomic E-state index is 12.4.